The maximum Gasteiger partial charge on any atom is 0.187 e. The number of hydrogen-bond donors (Lipinski definition) is 1. The summed E-state index contributed by atoms with van der Waals surface area (Å²) >= 11 is 0. The summed E-state index contributed by atoms with van der Waals surface area (Å²) in [7, 11) is 0. The summed E-state index contributed by atoms with van der Waals surface area (Å²) in [5.41, 5.74) is 0.397. The zero-order chi connectivity index (χ0) is 21.0. The van der Waals surface area contributed by atoms with Gasteiger partial charge in [-0.3, -0.25) is 0 Å². The van der Waals surface area contributed by atoms with Crippen molar-refractivity contribution in [3.05, 3.63) is 84.1 Å². The van der Waals surface area contributed by atoms with Crippen molar-refractivity contribution in [1.29, 1.82) is 0 Å². The topological polar surface area (TPSA) is 66.4 Å². The van der Waals surface area contributed by atoms with Crippen LogP contribution in [0.3, 0.4) is 0 Å². The average molecular weight is 412 g/mol. The molecule has 0 aromatic heterocycles. The van der Waals surface area contributed by atoms with Crippen LogP contribution in [0.4, 0.5) is 0 Å². The third-order valence-corrected chi connectivity index (χ3v) is 5.52. The van der Waals surface area contributed by atoms with Crippen molar-refractivity contribution >= 4 is 0 Å². The van der Waals surface area contributed by atoms with Crippen molar-refractivity contribution < 1.29 is 28.8 Å². The first-order valence-corrected chi connectivity index (χ1v) is 10.3. The molecule has 2 bridgehead atoms. The predicted molar refractivity (Wildman–Crippen MR) is 110 cm³/mol. The number of ether oxygens (including phenoxy) is 5. The zero-order valence-electron chi connectivity index (χ0n) is 17.1. The zero-order valence-corrected chi connectivity index (χ0v) is 17.1. The maximum absolute atomic E-state index is 11.7. The maximum atomic E-state index is 11.7. The molecule has 0 saturated carbocycles. The van der Waals surface area contributed by atoms with Crippen molar-refractivity contribution in [2.75, 3.05) is 13.2 Å². The van der Waals surface area contributed by atoms with E-state index in [0.29, 0.717) is 19.8 Å². The summed E-state index contributed by atoms with van der Waals surface area (Å²) in [6.07, 6.45) is -2.70. The van der Waals surface area contributed by atoms with Gasteiger partial charge in [0, 0.05) is 0 Å². The van der Waals surface area contributed by atoms with Crippen LogP contribution in [-0.4, -0.2) is 48.5 Å². The monoisotopic (exact) mass is 412 g/mol. The lowest BCUT2D eigenvalue weighted by molar-refractivity contribution is -0.289. The molecule has 0 amide bonds. The summed E-state index contributed by atoms with van der Waals surface area (Å²) in [5.74, 6) is 0.199. The van der Waals surface area contributed by atoms with Gasteiger partial charge in [0.25, 0.3) is 0 Å². The minimum Gasteiger partial charge on any atom is -0.496 e. The second-order valence-electron chi connectivity index (χ2n) is 7.49. The smallest absolute Gasteiger partial charge is 0.187 e. The Kier molecular flexibility index (Phi) is 6.51. The van der Waals surface area contributed by atoms with E-state index in [9.17, 15) is 5.11 Å². The van der Waals surface area contributed by atoms with Gasteiger partial charge in [-0.25, -0.2) is 0 Å². The van der Waals surface area contributed by atoms with Crippen LogP contribution in [0.5, 0.6) is 0 Å². The molecule has 0 radical (unpaired) electrons. The van der Waals surface area contributed by atoms with E-state index in [1.54, 1.807) is 0 Å². The lowest BCUT2D eigenvalue weighted by atomic mass is 9.83. The molecule has 2 aliphatic rings. The predicted octanol–water partition coefficient (Wildman–Crippen LogP) is 3.19. The Morgan fingerprint density at radius 3 is 2.23 bits per heavy atom. The van der Waals surface area contributed by atoms with E-state index in [-0.39, 0.29) is 12.4 Å². The van der Waals surface area contributed by atoms with Gasteiger partial charge in [0.05, 0.1) is 26.4 Å². The van der Waals surface area contributed by atoms with E-state index >= 15 is 0 Å². The normalized spacial score (nSPS) is 30.2. The van der Waals surface area contributed by atoms with Crippen LogP contribution in [-0.2, 0) is 36.9 Å². The number of aliphatic hydroxyl groups is 1. The molecule has 2 saturated heterocycles. The Morgan fingerprint density at radius 2 is 1.63 bits per heavy atom. The molecule has 2 heterocycles. The van der Waals surface area contributed by atoms with E-state index < -0.39 is 30.2 Å². The number of fused-ring (bicyclic) bond motifs is 2. The molecule has 4 rings (SSSR count). The van der Waals surface area contributed by atoms with Crippen LogP contribution in [0.25, 0.3) is 0 Å². The molecule has 6 nitrogen and oxygen atoms in total. The summed E-state index contributed by atoms with van der Waals surface area (Å²) in [6, 6.07) is 19.6. The lowest BCUT2D eigenvalue weighted by Gasteiger charge is -2.46. The SMILES string of the molecule is C=C(OCC)[C@@]1(O)[C@H](OCc2ccccc2)[C@@H](OCc2ccccc2)[C@@H]2OC[C@H]1O2. The van der Waals surface area contributed by atoms with E-state index in [4.69, 9.17) is 23.7 Å². The molecule has 2 aromatic carbocycles. The fourth-order valence-electron chi connectivity index (χ4n) is 3.94. The number of benzene rings is 2. The molecular formula is C24H28O6. The molecule has 0 spiro atoms. The number of hydrogen-bond acceptors (Lipinski definition) is 6. The van der Waals surface area contributed by atoms with E-state index in [0.717, 1.165) is 11.1 Å². The van der Waals surface area contributed by atoms with Gasteiger partial charge in [-0.2, -0.15) is 0 Å². The first-order valence-electron chi connectivity index (χ1n) is 10.3. The van der Waals surface area contributed by atoms with Gasteiger partial charge in [-0.05, 0) is 18.1 Å². The number of rotatable bonds is 9. The second kappa shape index (κ2) is 9.29. The van der Waals surface area contributed by atoms with Crippen molar-refractivity contribution in [1.82, 2.24) is 0 Å². The lowest BCUT2D eigenvalue weighted by Crippen LogP contribution is -2.65. The van der Waals surface area contributed by atoms with Crippen molar-refractivity contribution in [3.63, 3.8) is 0 Å². The van der Waals surface area contributed by atoms with Crippen molar-refractivity contribution in [2.45, 2.75) is 50.3 Å². The Morgan fingerprint density at radius 1 is 1.03 bits per heavy atom. The minimum absolute atomic E-state index is 0.199. The molecule has 30 heavy (non-hydrogen) atoms. The molecule has 1 N–H and O–H groups in total. The van der Waals surface area contributed by atoms with Gasteiger partial charge >= 0.3 is 0 Å². The van der Waals surface area contributed by atoms with E-state index in [1.807, 2.05) is 67.6 Å². The second-order valence-corrected chi connectivity index (χ2v) is 7.49. The van der Waals surface area contributed by atoms with Gasteiger partial charge in [0.1, 0.15) is 24.1 Å². The summed E-state index contributed by atoms with van der Waals surface area (Å²) in [6.45, 7) is 7.04. The van der Waals surface area contributed by atoms with Gasteiger partial charge in [-0.1, -0.05) is 67.2 Å². The van der Waals surface area contributed by atoms with Gasteiger partial charge < -0.3 is 28.8 Å². The Labute approximate surface area is 177 Å². The van der Waals surface area contributed by atoms with Crippen LogP contribution >= 0.6 is 0 Å². The van der Waals surface area contributed by atoms with Gasteiger partial charge in [-0.15, -0.1) is 0 Å². The minimum atomic E-state index is -1.60. The highest BCUT2D eigenvalue weighted by molar-refractivity contribution is 5.21. The van der Waals surface area contributed by atoms with Crippen LogP contribution in [0.2, 0.25) is 0 Å². The molecule has 2 aromatic rings. The van der Waals surface area contributed by atoms with Crippen LogP contribution in [0.15, 0.2) is 73.0 Å². The molecule has 0 unspecified atom stereocenters. The summed E-state index contributed by atoms with van der Waals surface area (Å²) in [4.78, 5) is 0. The van der Waals surface area contributed by atoms with Gasteiger partial charge in [0.15, 0.2) is 11.9 Å². The highest BCUT2D eigenvalue weighted by Crippen LogP contribution is 2.43. The first-order chi connectivity index (χ1) is 14.6. The first kappa shape index (κ1) is 21.0. The highest BCUT2D eigenvalue weighted by atomic mass is 16.8. The average Bonchev–Trinajstić information content (AvgIpc) is 3.23. The Balaban J connectivity index is 1.59. The van der Waals surface area contributed by atoms with E-state index in [2.05, 4.69) is 6.58 Å². The molecule has 2 fully saturated rings. The van der Waals surface area contributed by atoms with Crippen molar-refractivity contribution in [2.24, 2.45) is 0 Å². The molecule has 5 atom stereocenters. The fraction of sp³-hybridized carbons (Fsp3) is 0.417. The van der Waals surface area contributed by atoms with Crippen LogP contribution in [0.1, 0.15) is 18.1 Å². The van der Waals surface area contributed by atoms with Crippen LogP contribution in [0, 0.1) is 0 Å². The Bertz CT molecular complexity index is 826. The molecular weight excluding hydrogens is 384 g/mol. The summed E-state index contributed by atoms with van der Waals surface area (Å²) in [5, 5.41) is 11.7. The Hall–Kier alpha value is -2.22. The highest BCUT2D eigenvalue weighted by Gasteiger charge is 2.63. The van der Waals surface area contributed by atoms with E-state index in [1.165, 1.54) is 0 Å². The third kappa shape index (κ3) is 4.15. The third-order valence-electron chi connectivity index (χ3n) is 5.52. The standard InChI is InChI=1S/C24H28O6/c1-3-26-17(2)24(25)20-16-29-23(30-20)21(27-14-18-10-6-4-7-11-18)22(24)28-15-19-12-8-5-9-13-19/h4-13,20-23,25H,2-3,14-16H2,1H3/t20-,21-,22-,23-,24+/m1/s1. The molecule has 6 heteroatoms. The summed E-state index contributed by atoms with van der Waals surface area (Å²) < 4.78 is 29.8. The van der Waals surface area contributed by atoms with Gasteiger partial charge in [0.2, 0.25) is 0 Å². The van der Waals surface area contributed by atoms with Crippen molar-refractivity contribution in [3.8, 4) is 0 Å². The molecule has 0 aliphatic carbocycles. The largest absolute Gasteiger partial charge is 0.496 e. The quantitative estimate of drug-likeness (QED) is 0.638. The molecule has 160 valence electrons. The molecule has 2 aliphatic heterocycles. The van der Waals surface area contributed by atoms with Crippen LogP contribution < -0.4 is 0 Å². The fourth-order valence-corrected chi connectivity index (χ4v) is 3.94.